The third-order valence-electron chi connectivity index (χ3n) is 3.95. The van der Waals surface area contributed by atoms with Gasteiger partial charge in [-0.25, -0.2) is 9.67 Å². The summed E-state index contributed by atoms with van der Waals surface area (Å²) in [6.07, 6.45) is 1.83. The van der Waals surface area contributed by atoms with Crippen molar-refractivity contribution in [2.75, 3.05) is 6.61 Å². The standard InChI is InChI=1S/C19H24N4O2/c1-19(2,3)14-6-8-15(9-7-14)25-13-17-21-18(16-5-4-10-20-16)23(22-17)11-12-24/h4-10,20,24H,11-13H2,1-3H3. The Labute approximate surface area is 147 Å². The van der Waals surface area contributed by atoms with Crippen molar-refractivity contribution in [2.45, 2.75) is 39.3 Å². The van der Waals surface area contributed by atoms with E-state index in [-0.39, 0.29) is 18.6 Å². The number of aromatic nitrogens is 4. The summed E-state index contributed by atoms with van der Waals surface area (Å²) in [7, 11) is 0. The minimum atomic E-state index is 0.00559. The minimum absolute atomic E-state index is 0.00559. The number of aromatic amines is 1. The van der Waals surface area contributed by atoms with E-state index in [1.54, 1.807) is 4.68 Å². The van der Waals surface area contributed by atoms with Gasteiger partial charge < -0.3 is 14.8 Å². The Morgan fingerprint density at radius 3 is 2.52 bits per heavy atom. The predicted molar refractivity (Wildman–Crippen MR) is 96.4 cm³/mol. The molecule has 0 saturated carbocycles. The molecule has 0 amide bonds. The largest absolute Gasteiger partial charge is 0.486 e. The molecule has 0 unspecified atom stereocenters. The van der Waals surface area contributed by atoms with Gasteiger partial charge in [0.15, 0.2) is 11.6 Å². The van der Waals surface area contributed by atoms with E-state index in [2.05, 4.69) is 48.0 Å². The molecular weight excluding hydrogens is 316 g/mol. The van der Waals surface area contributed by atoms with E-state index < -0.39 is 0 Å². The minimum Gasteiger partial charge on any atom is -0.486 e. The SMILES string of the molecule is CC(C)(C)c1ccc(OCc2nc(-c3ccc[nH]3)n(CCO)n2)cc1. The number of nitrogens with zero attached hydrogens (tertiary/aromatic N) is 3. The molecule has 3 rings (SSSR count). The van der Waals surface area contributed by atoms with Crippen molar-refractivity contribution in [3.63, 3.8) is 0 Å². The van der Waals surface area contributed by atoms with Gasteiger partial charge in [-0.05, 0) is 35.2 Å². The zero-order valence-corrected chi connectivity index (χ0v) is 14.9. The van der Waals surface area contributed by atoms with Crippen molar-refractivity contribution in [1.82, 2.24) is 19.7 Å². The fraction of sp³-hybridized carbons (Fsp3) is 0.368. The average Bonchev–Trinajstić information content (AvgIpc) is 3.22. The molecule has 0 saturated heterocycles. The summed E-state index contributed by atoms with van der Waals surface area (Å²) < 4.78 is 7.50. The molecule has 2 aromatic heterocycles. The highest BCUT2D eigenvalue weighted by Gasteiger charge is 2.14. The first-order valence-electron chi connectivity index (χ1n) is 8.39. The summed E-state index contributed by atoms with van der Waals surface area (Å²) >= 11 is 0. The van der Waals surface area contributed by atoms with E-state index in [9.17, 15) is 5.11 Å². The Morgan fingerprint density at radius 2 is 1.92 bits per heavy atom. The molecule has 2 N–H and O–H groups in total. The highest BCUT2D eigenvalue weighted by molar-refractivity contribution is 5.49. The van der Waals surface area contributed by atoms with Crippen LogP contribution in [0.2, 0.25) is 0 Å². The number of hydrogen-bond donors (Lipinski definition) is 2. The third kappa shape index (κ3) is 4.09. The number of aliphatic hydroxyl groups excluding tert-OH is 1. The molecule has 0 aliphatic heterocycles. The van der Waals surface area contributed by atoms with Crippen LogP contribution >= 0.6 is 0 Å². The average molecular weight is 340 g/mol. The second-order valence-corrected chi connectivity index (χ2v) is 6.95. The topological polar surface area (TPSA) is 76.0 Å². The summed E-state index contributed by atoms with van der Waals surface area (Å²) in [4.78, 5) is 7.64. The number of aliphatic hydroxyl groups is 1. The van der Waals surface area contributed by atoms with Crippen LogP contribution in [0.1, 0.15) is 32.2 Å². The lowest BCUT2D eigenvalue weighted by atomic mass is 9.87. The number of benzene rings is 1. The van der Waals surface area contributed by atoms with E-state index in [4.69, 9.17) is 4.74 Å². The fourth-order valence-electron chi connectivity index (χ4n) is 2.57. The van der Waals surface area contributed by atoms with Gasteiger partial charge in [0.05, 0.1) is 18.8 Å². The maximum absolute atomic E-state index is 9.22. The van der Waals surface area contributed by atoms with Crippen molar-refractivity contribution in [3.05, 3.63) is 54.0 Å². The number of ether oxygens (including phenoxy) is 1. The van der Waals surface area contributed by atoms with Crippen molar-refractivity contribution in [1.29, 1.82) is 0 Å². The van der Waals surface area contributed by atoms with Gasteiger partial charge in [-0.3, -0.25) is 0 Å². The van der Waals surface area contributed by atoms with E-state index in [1.165, 1.54) is 5.56 Å². The van der Waals surface area contributed by atoms with Crippen LogP contribution in [0, 0.1) is 0 Å². The van der Waals surface area contributed by atoms with Gasteiger partial charge in [0.1, 0.15) is 12.4 Å². The molecule has 6 heteroatoms. The van der Waals surface area contributed by atoms with Crippen LogP contribution in [0.4, 0.5) is 0 Å². The maximum atomic E-state index is 9.22. The fourth-order valence-corrected chi connectivity index (χ4v) is 2.57. The molecule has 0 aliphatic carbocycles. The first kappa shape index (κ1) is 17.2. The molecule has 0 radical (unpaired) electrons. The summed E-state index contributed by atoms with van der Waals surface area (Å²) in [5, 5.41) is 13.6. The van der Waals surface area contributed by atoms with Gasteiger partial charge in [-0.2, -0.15) is 5.10 Å². The highest BCUT2D eigenvalue weighted by atomic mass is 16.5. The lowest BCUT2D eigenvalue weighted by Crippen LogP contribution is -2.10. The molecule has 2 heterocycles. The molecule has 0 spiro atoms. The monoisotopic (exact) mass is 340 g/mol. The quantitative estimate of drug-likeness (QED) is 0.723. The zero-order chi connectivity index (χ0) is 17.9. The molecule has 1 aromatic carbocycles. The summed E-state index contributed by atoms with van der Waals surface area (Å²) in [6, 6.07) is 11.9. The van der Waals surface area contributed by atoms with Gasteiger partial charge in [0, 0.05) is 6.20 Å². The molecule has 0 atom stereocenters. The smallest absolute Gasteiger partial charge is 0.188 e. The Bertz CT molecular complexity index is 799. The molecule has 6 nitrogen and oxygen atoms in total. The number of H-pyrrole nitrogens is 1. The first-order chi connectivity index (χ1) is 12.0. The van der Waals surface area contributed by atoms with Crippen molar-refractivity contribution < 1.29 is 9.84 Å². The molecule has 3 aromatic rings. The Kier molecular flexibility index (Phi) is 4.90. The Morgan fingerprint density at radius 1 is 1.16 bits per heavy atom. The lowest BCUT2D eigenvalue weighted by molar-refractivity contribution is 0.266. The second-order valence-electron chi connectivity index (χ2n) is 6.95. The van der Waals surface area contributed by atoms with E-state index in [0.717, 1.165) is 11.4 Å². The number of hydrogen-bond acceptors (Lipinski definition) is 4. The normalized spacial score (nSPS) is 11.7. The van der Waals surface area contributed by atoms with Crippen molar-refractivity contribution in [3.8, 4) is 17.3 Å². The van der Waals surface area contributed by atoms with E-state index >= 15 is 0 Å². The van der Waals surface area contributed by atoms with Crippen LogP contribution in [0.15, 0.2) is 42.6 Å². The molecule has 0 bridgehead atoms. The summed E-state index contributed by atoms with van der Waals surface area (Å²) in [6.45, 7) is 7.22. The maximum Gasteiger partial charge on any atom is 0.188 e. The molecule has 25 heavy (non-hydrogen) atoms. The van der Waals surface area contributed by atoms with Crippen LogP contribution in [0.3, 0.4) is 0 Å². The van der Waals surface area contributed by atoms with Gasteiger partial charge in [0.25, 0.3) is 0 Å². The van der Waals surface area contributed by atoms with Gasteiger partial charge in [-0.1, -0.05) is 32.9 Å². The molecule has 132 valence electrons. The van der Waals surface area contributed by atoms with E-state index in [1.807, 2.05) is 30.5 Å². The third-order valence-corrected chi connectivity index (χ3v) is 3.95. The van der Waals surface area contributed by atoms with Crippen molar-refractivity contribution >= 4 is 0 Å². The van der Waals surface area contributed by atoms with Crippen LogP contribution in [-0.2, 0) is 18.6 Å². The first-order valence-corrected chi connectivity index (χ1v) is 8.39. The summed E-state index contributed by atoms with van der Waals surface area (Å²) in [5.74, 6) is 2.06. The molecular formula is C19H24N4O2. The van der Waals surface area contributed by atoms with Crippen molar-refractivity contribution in [2.24, 2.45) is 0 Å². The predicted octanol–water partition coefficient (Wildman–Crippen LogP) is 3.14. The van der Waals surface area contributed by atoms with Gasteiger partial charge in [0.2, 0.25) is 0 Å². The van der Waals surface area contributed by atoms with Crippen LogP contribution < -0.4 is 4.74 Å². The number of rotatable bonds is 6. The zero-order valence-electron chi connectivity index (χ0n) is 14.9. The number of nitrogens with one attached hydrogen (secondary N) is 1. The van der Waals surface area contributed by atoms with E-state index in [0.29, 0.717) is 18.2 Å². The van der Waals surface area contributed by atoms with Gasteiger partial charge in [-0.15, -0.1) is 0 Å². The second kappa shape index (κ2) is 7.11. The Balaban J connectivity index is 1.72. The molecule has 0 aliphatic rings. The van der Waals surface area contributed by atoms with Crippen LogP contribution in [-0.4, -0.2) is 31.5 Å². The lowest BCUT2D eigenvalue weighted by Gasteiger charge is -2.19. The van der Waals surface area contributed by atoms with Gasteiger partial charge >= 0.3 is 0 Å². The summed E-state index contributed by atoms with van der Waals surface area (Å²) in [5.41, 5.74) is 2.25. The van der Waals surface area contributed by atoms with Crippen LogP contribution in [0.25, 0.3) is 11.5 Å². The highest BCUT2D eigenvalue weighted by Crippen LogP contribution is 2.24. The molecule has 0 fully saturated rings. The Hall–Kier alpha value is -2.60. The van der Waals surface area contributed by atoms with Crippen LogP contribution in [0.5, 0.6) is 5.75 Å².